The Morgan fingerprint density at radius 3 is 2.53 bits per heavy atom. The van der Waals surface area contributed by atoms with Crippen molar-refractivity contribution < 1.29 is 0 Å². The summed E-state index contributed by atoms with van der Waals surface area (Å²) >= 11 is 8.98. The van der Waals surface area contributed by atoms with Crippen LogP contribution in [-0.2, 0) is 0 Å². The van der Waals surface area contributed by atoms with Gasteiger partial charge in [0.15, 0.2) is 11.0 Å². The van der Waals surface area contributed by atoms with E-state index >= 15 is 0 Å². The van der Waals surface area contributed by atoms with Gasteiger partial charge in [0, 0.05) is 4.47 Å². The predicted molar refractivity (Wildman–Crippen MR) is 72.4 cm³/mol. The first kappa shape index (κ1) is 12.0. The van der Waals surface area contributed by atoms with Crippen LogP contribution in [0.5, 0.6) is 0 Å². The van der Waals surface area contributed by atoms with E-state index in [0.717, 1.165) is 10.0 Å². The number of nitrogens with zero attached hydrogens (tertiary/aromatic N) is 3. The van der Waals surface area contributed by atoms with E-state index in [-0.39, 0.29) is 0 Å². The van der Waals surface area contributed by atoms with E-state index in [1.165, 1.54) is 0 Å². The molecule has 0 spiro atoms. The number of nitrogens with one attached hydrogen (secondary N) is 1. The standard InChI is InChI=1S/C11H8BrClN4/c12-9-3-1-8(2-4-9)7-14-16-11-6-5-10(13)15-17-11/h1-7H,(H,16,17). The zero-order chi connectivity index (χ0) is 12.1. The molecular formula is C11H8BrClN4. The first-order chi connectivity index (χ1) is 8.24. The Morgan fingerprint density at radius 1 is 1.12 bits per heavy atom. The summed E-state index contributed by atoms with van der Waals surface area (Å²) in [6.45, 7) is 0. The molecule has 1 aromatic heterocycles. The summed E-state index contributed by atoms with van der Waals surface area (Å²) < 4.78 is 1.03. The van der Waals surface area contributed by atoms with Crippen molar-refractivity contribution in [1.82, 2.24) is 10.2 Å². The molecule has 86 valence electrons. The Bertz CT molecular complexity index is 510. The van der Waals surface area contributed by atoms with E-state index < -0.39 is 0 Å². The number of rotatable bonds is 3. The molecule has 0 aliphatic heterocycles. The van der Waals surface area contributed by atoms with Gasteiger partial charge in [0.1, 0.15) is 0 Å². The Hall–Kier alpha value is -1.46. The van der Waals surface area contributed by atoms with Gasteiger partial charge in [0.05, 0.1) is 6.21 Å². The second-order valence-corrected chi connectivity index (χ2v) is 4.47. The van der Waals surface area contributed by atoms with E-state index in [1.54, 1.807) is 18.3 Å². The summed E-state index contributed by atoms with van der Waals surface area (Å²) in [6, 6.07) is 11.1. The first-order valence-electron chi connectivity index (χ1n) is 4.78. The third-order valence-electron chi connectivity index (χ3n) is 1.89. The molecule has 0 fully saturated rings. The van der Waals surface area contributed by atoms with E-state index in [1.807, 2.05) is 24.3 Å². The molecule has 0 aliphatic carbocycles. The number of benzene rings is 1. The highest BCUT2D eigenvalue weighted by molar-refractivity contribution is 9.10. The molecule has 0 unspecified atom stereocenters. The van der Waals surface area contributed by atoms with Gasteiger partial charge in [-0.3, -0.25) is 5.43 Å². The number of halogens is 2. The highest BCUT2D eigenvalue weighted by Gasteiger charge is 1.92. The summed E-state index contributed by atoms with van der Waals surface area (Å²) in [7, 11) is 0. The van der Waals surface area contributed by atoms with Crippen molar-refractivity contribution in [2.75, 3.05) is 5.43 Å². The fourth-order valence-corrected chi connectivity index (χ4v) is 1.46. The quantitative estimate of drug-likeness (QED) is 0.698. The van der Waals surface area contributed by atoms with Crippen LogP contribution in [-0.4, -0.2) is 16.4 Å². The molecular weight excluding hydrogens is 304 g/mol. The molecule has 1 N–H and O–H groups in total. The van der Waals surface area contributed by atoms with Crippen LogP contribution in [0.1, 0.15) is 5.56 Å². The van der Waals surface area contributed by atoms with E-state index in [0.29, 0.717) is 11.0 Å². The van der Waals surface area contributed by atoms with Crippen molar-refractivity contribution in [2.24, 2.45) is 5.10 Å². The molecule has 0 amide bonds. The second-order valence-electron chi connectivity index (χ2n) is 3.16. The van der Waals surface area contributed by atoms with Crippen molar-refractivity contribution >= 4 is 39.6 Å². The first-order valence-corrected chi connectivity index (χ1v) is 5.95. The summed E-state index contributed by atoms with van der Waals surface area (Å²) in [4.78, 5) is 0. The molecule has 2 aromatic rings. The van der Waals surface area contributed by atoms with Gasteiger partial charge in [-0.15, -0.1) is 10.2 Å². The molecule has 0 bridgehead atoms. The number of hydrazone groups is 1. The van der Waals surface area contributed by atoms with Crippen LogP contribution < -0.4 is 5.43 Å². The van der Waals surface area contributed by atoms with Crippen LogP contribution in [0.15, 0.2) is 46.0 Å². The number of aromatic nitrogens is 2. The monoisotopic (exact) mass is 310 g/mol. The summed E-state index contributed by atoms with van der Waals surface area (Å²) in [5, 5.41) is 11.9. The van der Waals surface area contributed by atoms with Crippen LogP contribution in [0, 0.1) is 0 Å². The minimum absolute atomic E-state index is 0.354. The lowest BCUT2D eigenvalue weighted by Crippen LogP contribution is -1.94. The zero-order valence-corrected chi connectivity index (χ0v) is 11.0. The van der Waals surface area contributed by atoms with Crippen LogP contribution in [0.2, 0.25) is 5.15 Å². The summed E-state index contributed by atoms with van der Waals surface area (Å²) in [5.41, 5.74) is 3.75. The van der Waals surface area contributed by atoms with Gasteiger partial charge in [-0.2, -0.15) is 5.10 Å². The molecule has 0 saturated carbocycles. The Balaban J connectivity index is 1.97. The molecule has 0 atom stereocenters. The van der Waals surface area contributed by atoms with Gasteiger partial charge in [-0.1, -0.05) is 39.7 Å². The zero-order valence-electron chi connectivity index (χ0n) is 8.64. The average Bonchev–Trinajstić information content (AvgIpc) is 2.34. The normalized spacial score (nSPS) is 10.7. The average molecular weight is 312 g/mol. The lowest BCUT2D eigenvalue weighted by molar-refractivity contribution is 1.02. The fourth-order valence-electron chi connectivity index (χ4n) is 1.10. The molecule has 0 radical (unpaired) electrons. The van der Waals surface area contributed by atoms with Crippen LogP contribution >= 0.6 is 27.5 Å². The van der Waals surface area contributed by atoms with Gasteiger partial charge in [-0.25, -0.2) is 0 Å². The van der Waals surface area contributed by atoms with Gasteiger partial charge in [-0.05, 0) is 29.8 Å². The lowest BCUT2D eigenvalue weighted by atomic mass is 10.2. The molecule has 4 nitrogen and oxygen atoms in total. The predicted octanol–water partition coefficient (Wildman–Crippen LogP) is 3.34. The molecule has 6 heteroatoms. The molecule has 2 rings (SSSR count). The smallest absolute Gasteiger partial charge is 0.168 e. The Kier molecular flexibility index (Phi) is 4.06. The maximum atomic E-state index is 5.61. The molecule has 0 aliphatic rings. The fraction of sp³-hybridized carbons (Fsp3) is 0. The number of hydrogen-bond acceptors (Lipinski definition) is 4. The van der Waals surface area contributed by atoms with Crippen LogP contribution in [0.4, 0.5) is 5.82 Å². The van der Waals surface area contributed by atoms with Crippen molar-refractivity contribution in [3.8, 4) is 0 Å². The van der Waals surface area contributed by atoms with Crippen LogP contribution in [0.25, 0.3) is 0 Å². The van der Waals surface area contributed by atoms with E-state index in [2.05, 4.69) is 36.7 Å². The SMILES string of the molecule is Clc1ccc(NN=Cc2ccc(Br)cc2)nn1. The molecule has 1 aromatic carbocycles. The van der Waals surface area contributed by atoms with E-state index in [9.17, 15) is 0 Å². The Morgan fingerprint density at radius 2 is 1.88 bits per heavy atom. The molecule has 0 saturated heterocycles. The van der Waals surface area contributed by atoms with Gasteiger partial charge < -0.3 is 0 Å². The highest BCUT2D eigenvalue weighted by atomic mass is 79.9. The minimum Gasteiger partial charge on any atom is -0.260 e. The minimum atomic E-state index is 0.354. The Labute approximate surface area is 112 Å². The number of hydrogen-bond donors (Lipinski definition) is 1. The molecule has 1 heterocycles. The largest absolute Gasteiger partial charge is 0.260 e. The third-order valence-corrected chi connectivity index (χ3v) is 2.62. The van der Waals surface area contributed by atoms with E-state index in [4.69, 9.17) is 11.6 Å². The lowest BCUT2D eigenvalue weighted by Gasteiger charge is -1.97. The second kappa shape index (κ2) is 5.75. The summed E-state index contributed by atoms with van der Waals surface area (Å²) in [5.74, 6) is 0.544. The third kappa shape index (κ3) is 3.80. The van der Waals surface area contributed by atoms with Gasteiger partial charge >= 0.3 is 0 Å². The van der Waals surface area contributed by atoms with Crippen molar-refractivity contribution in [1.29, 1.82) is 0 Å². The topological polar surface area (TPSA) is 50.2 Å². The van der Waals surface area contributed by atoms with Crippen molar-refractivity contribution in [2.45, 2.75) is 0 Å². The van der Waals surface area contributed by atoms with Crippen LogP contribution in [0.3, 0.4) is 0 Å². The maximum Gasteiger partial charge on any atom is 0.168 e. The van der Waals surface area contributed by atoms with Gasteiger partial charge in [0.2, 0.25) is 0 Å². The summed E-state index contributed by atoms with van der Waals surface area (Å²) in [6.07, 6.45) is 1.70. The number of anilines is 1. The highest BCUT2D eigenvalue weighted by Crippen LogP contribution is 2.09. The van der Waals surface area contributed by atoms with Crippen molar-refractivity contribution in [3.63, 3.8) is 0 Å². The van der Waals surface area contributed by atoms with Gasteiger partial charge in [0.25, 0.3) is 0 Å². The maximum absolute atomic E-state index is 5.61. The van der Waals surface area contributed by atoms with Crippen molar-refractivity contribution in [3.05, 3.63) is 51.6 Å². The molecule has 17 heavy (non-hydrogen) atoms.